The number of nitrogens with one attached hydrogen (secondary N) is 1. The number of ether oxygens (including phenoxy) is 2. The number of hydrogen-bond acceptors (Lipinski definition) is 6. The fraction of sp³-hybridized carbons (Fsp3) is 0.438. The van der Waals surface area contributed by atoms with Crippen LogP contribution in [0.1, 0.15) is 44.7 Å². The maximum absolute atomic E-state index is 12.1. The number of esters is 2. The highest BCUT2D eigenvalue weighted by atomic mass is 16.7. The van der Waals surface area contributed by atoms with Crippen LogP contribution < -0.4 is 5.32 Å². The maximum Gasteiger partial charge on any atom is 0.336 e. The lowest BCUT2D eigenvalue weighted by molar-refractivity contribution is -0.168. The van der Waals surface area contributed by atoms with E-state index in [9.17, 15) is 19.5 Å². The van der Waals surface area contributed by atoms with E-state index in [4.69, 9.17) is 4.74 Å². The molecule has 1 aromatic rings. The molecule has 0 saturated heterocycles. The van der Waals surface area contributed by atoms with Crippen molar-refractivity contribution in [1.82, 2.24) is 5.32 Å². The summed E-state index contributed by atoms with van der Waals surface area (Å²) < 4.78 is 9.40. The maximum atomic E-state index is 12.1. The second kappa shape index (κ2) is 9.45. The van der Waals surface area contributed by atoms with Crippen molar-refractivity contribution in [3.63, 3.8) is 0 Å². The van der Waals surface area contributed by atoms with Crippen molar-refractivity contribution in [3.05, 3.63) is 29.8 Å². The third kappa shape index (κ3) is 6.82. The van der Waals surface area contributed by atoms with Crippen LogP contribution in [0.3, 0.4) is 0 Å². The predicted molar refractivity (Wildman–Crippen MR) is 81.2 cm³/mol. The third-order valence-corrected chi connectivity index (χ3v) is 2.99. The zero-order valence-corrected chi connectivity index (χ0v) is 13.2. The van der Waals surface area contributed by atoms with Crippen LogP contribution in [0.25, 0.3) is 0 Å². The molecule has 2 N–H and O–H groups in total. The monoisotopic (exact) mass is 323 g/mol. The van der Waals surface area contributed by atoms with Gasteiger partial charge in [-0.2, -0.15) is 0 Å². The van der Waals surface area contributed by atoms with Crippen molar-refractivity contribution >= 4 is 17.8 Å². The molecule has 0 spiro atoms. The highest BCUT2D eigenvalue weighted by molar-refractivity contribution is 5.85. The Bertz CT molecular complexity index is 540. The molecule has 1 amide bonds. The van der Waals surface area contributed by atoms with Crippen molar-refractivity contribution in [2.75, 3.05) is 6.79 Å². The number of benzene rings is 1. The average Bonchev–Trinajstić information content (AvgIpc) is 2.51. The summed E-state index contributed by atoms with van der Waals surface area (Å²) in [5.74, 6) is -1.57. The second-order valence-electron chi connectivity index (χ2n) is 4.91. The Kier molecular flexibility index (Phi) is 7.59. The lowest BCUT2D eigenvalue weighted by atomic mass is 10.1. The first-order valence-corrected chi connectivity index (χ1v) is 7.32. The minimum Gasteiger partial charge on any atom is -0.508 e. The van der Waals surface area contributed by atoms with Crippen LogP contribution in [0.15, 0.2) is 24.3 Å². The molecule has 7 nitrogen and oxygen atoms in total. The number of hydrogen-bond donors (Lipinski definition) is 2. The van der Waals surface area contributed by atoms with Gasteiger partial charge >= 0.3 is 11.9 Å². The standard InChI is InChI=1S/C16H21NO6/c1-3-4-5-14(20)17-15(12-6-8-13(19)9-7-12)16(21)23-10-22-11(2)18/h6-9,15,19H,3-5,10H2,1-2H3,(H,17,20). The molecule has 0 aromatic heterocycles. The van der Waals surface area contributed by atoms with Crippen LogP contribution >= 0.6 is 0 Å². The molecule has 0 aliphatic heterocycles. The van der Waals surface area contributed by atoms with Gasteiger partial charge in [0.1, 0.15) is 5.75 Å². The lowest BCUT2D eigenvalue weighted by Crippen LogP contribution is -2.35. The van der Waals surface area contributed by atoms with Gasteiger partial charge in [-0.1, -0.05) is 25.5 Å². The van der Waals surface area contributed by atoms with E-state index in [0.717, 1.165) is 6.42 Å². The summed E-state index contributed by atoms with van der Waals surface area (Å²) in [5, 5.41) is 11.9. The molecule has 0 radical (unpaired) electrons. The molecule has 0 saturated carbocycles. The first-order chi connectivity index (χ1) is 10.9. The number of carbonyl (C=O) groups excluding carboxylic acids is 3. The number of unbranched alkanes of at least 4 members (excludes halogenated alkanes) is 1. The first kappa shape index (κ1) is 18.5. The van der Waals surface area contributed by atoms with E-state index in [-0.39, 0.29) is 11.7 Å². The summed E-state index contributed by atoms with van der Waals surface area (Å²) in [6.45, 7) is 2.63. The van der Waals surface area contributed by atoms with Gasteiger partial charge < -0.3 is 19.9 Å². The van der Waals surface area contributed by atoms with Crippen molar-refractivity contribution in [1.29, 1.82) is 0 Å². The van der Waals surface area contributed by atoms with E-state index >= 15 is 0 Å². The van der Waals surface area contributed by atoms with Gasteiger partial charge in [0.2, 0.25) is 12.7 Å². The fourth-order valence-electron chi connectivity index (χ4n) is 1.77. The molecule has 0 fully saturated rings. The highest BCUT2D eigenvalue weighted by Crippen LogP contribution is 2.18. The summed E-state index contributed by atoms with van der Waals surface area (Å²) in [6.07, 6.45) is 1.85. The fourth-order valence-corrected chi connectivity index (χ4v) is 1.77. The highest BCUT2D eigenvalue weighted by Gasteiger charge is 2.24. The SMILES string of the molecule is CCCCC(=O)NC(C(=O)OCOC(C)=O)c1ccc(O)cc1. The van der Waals surface area contributed by atoms with Crippen molar-refractivity contribution in [2.24, 2.45) is 0 Å². The Morgan fingerprint density at radius 1 is 1.17 bits per heavy atom. The van der Waals surface area contributed by atoms with Crippen LogP contribution in [-0.2, 0) is 23.9 Å². The molecule has 7 heteroatoms. The molecule has 0 bridgehead atoms. The van der Waals surface area contributed by atoms with Gasteiger partial charge in [-0.05, 0) is 24.1 Å². The molecule has 1 aromatic carbocycles. The Hall–Kier alpha value is -2.57. The number of carbonyl (C=O) groups is 3. The Balaban J connectivity index is 2.78. The Morgan fingerprint density at radius 3 is 2.39 bits per heavy atom. The minimum absolute atomic E-state index is 0.0399. The smallest absolute Gasteiger partial charge is 0.336 e. The summed E-state index contributed by atoms with van der Waals surface area (Å²) in [6, 6.07) is 4.79. The van der Waals surface area contributed by atoms with Gasteiger partial charge in [0.25, 0.3) is 0 Å². The van der Waals surface area contributed by atoms with Gasteiger partial charge in [-0.25, -0.2) is 4.79 Å². The van der Waals surface area contributed by atoms with Crippen LogP contribution in [0.2, 0.25) is 0 Å². The molecular formula is C16H21NO6. The topological polar surface area (TPSA) is 102 Å². The van der Waals surface area contributed by atoms with Crippen LogP contribution in [0.4, 0.5) is 0 Å². The average molecular weight is 323 g/mol. The van der Waals surface area contributed by atoms with Crippen molar-refractivity contribution in [2.45, 2.75) is 39.2 Å². The number of aromatic hydroxyl groups is 1. The molecule has 0 aliphatic rings. The normalized spacial score (nSPS) is 11.4. The quantitative estimate of drug-likeness (QED) is 0.559. The summed E-state index contributed by atoms with van der Waals surface area (Å²) in [4.78, 5) is 34.7. The van der Waals surface area contributed by atoms with E-state index in [0.29, 0.717) is 18.4 Å². The summed E-state index contributed by atoms with van der Waals surface area (Å²) >= 11 is 0. The first-order valence-electron chi connectivity index (χ1n) is 7.32. The van der Waals surface area contributed by atoms with Crippen LogP contribution in [0.5, 0.6) is 5.75 Å². The minimum atomic E-state index is -1.03. The number of rotatable bonds is 8. The molecule has 126 valence electrons. The van der Waals surface area contributed by atoms with Gasteiger partial charge in [-0.15, -0.1) is 0 Å². The van der Waals surface area contributed by atoms with E-state index in [1.54, 1.807) is 0 Å². The third-order valence-electron chi connectivity index (χ3n) is 2.99. The van der Waals surface area contributed by atoms with E-state index in [1.807, 2.05) is 6.92 Å². The second-order valence-corrected chi connectivity index (χ2v) is 4.91. The zero-order valence-electron chi connectivity index (χ0n) is 13.2. The van der Waals surface area contributed by atoms with E-state index < -0.39 is 24.8 Å². The van der Waals surface area contributed by atoms with E-state index in [1.165, 1.54) is 31.2 Å². The van der Waals surface area contributed by atoms with Crippen molar-refractivity contribution < 1.29 is 29.0 Å². The Labute approximate surface area is 134 Å². The van der Waals surface area contributed by atoms with Crippen LogP contribution in [-0.4, -0.2) is 29.7 Å². The van der Waals surface area contributed by atoms with E-state index in [2.05, 4.69) is 10.1 Å². The zero-order chi connectivity index (χ0) is 17.2. The summed E-state index contributed by atoms with van der Waals surface area (Å²) in [5.41, 5.74) is 0.459. The lowest BCUT2D eigenvalue weighted by Gasteiger charge is -2.18. The number of phenolic OH excluding ortho intramolecular Hbond substituents is 1. The number of phenols is 1. The van der Waals surface area contributed by atoms with Gasteiger partial charge in [0.05, 0.1) is 0 Å². The van der Waals surface area contributed by atoms with Gasteiger partial charge in [0, 0.05) is 13.3 Å². The van der Waals surface area contributed by atoms with Crippen molar-refractivity contribution in [3.8, 4) is 5.75 Å². The van der Waals surface area contributed by atoms with Gasteiger partial charge in [0.15, 0.2) is 6.04 Å². The van der Waals surface area contributed by atoms with Crippen LogP contribution in [0, 0.1) is 0 Å². The number of amides is 1. The molecule has 1 rings (SSSR count). The molecule has 0 aliphatic carbocycles. The summed E-state index contributed by atoms with van der Waals surface area (Å²) in [7, 11) is 0. The Morgan fingerprint density at radius 2 is 1.83 bits per heavy atom. The predicted octanol–water partition coefficient (Wildman–Crippen LogP) is 1.80. The van der Waals surface area contributed by atoms with Gasteiger partial charge in [-0.3, -0.25) is 9.59 Å². The molecular weight excluding hydrogens is 302 g/mol. The molecule has 0 heterocycles. The molecule has 1 unspecified atom stereocenters. The largest absolute Gasteiger partial charge is 0.508 e. The molecule has 1 atom stereocenters. The molecule has 23 heavy (non-hydrogen) atoms.